The minimum Gasteiger partial charge on any atom is -0.394 e. The Morgan fingerprint density at radius 3 is 2.05 bits per heavy atom. The second-order valence-electron chi connectivity index (χ2n) is 4.37. The van der Waals surface area contributed by atoms with Crippen molar-refractivity contribution in [3.05, 3.63) is 65.7 Å². The summed E-state index contributed by atoms with van der Waals surface area (Å²) in [5, 5.41) is 12.4. The predicted molar refractivity (Wildman–Crippen MR) is 71.3 cm³/mol. The third-order valence-electron chi connectivity index (χ3n) is 2.94. The summed E-state index contributed by atoms with van der Waals surface area (Å²) in [5.41, 5.74) is 0.708. The standard InChI is InChI=1S/C15H14F3NO/c16-15(17,18)12-6-8-13(9-7-12)19-14(10-20)11-4-2-1-3-5-11/h1-9,14,19-20H,10H2. The first kappa shape index (κ1) is 14.4. The molecule has 0 aromatic heterocycles. The molecule has 0 aliphatic heterocycles. The summed E-state index contributed by atoms with van der Waals surface area (Å²) in [6.07, 6.45) is -4.34. The maximum Gasteiger partial charge on any atom is 0.416 e. The van der Waals surface area contributed by atoms with E-state index in [2.05, 4.69) is 5.32 Å². The molecule has 20 heavy (non-hydrogen) atoms. The van der Waals surface area contributed by atoms with Gasteiger partial charge in [-0.05, 0) is 29.8 Å². The number of hydrogen-bond donors (Lipinski definition) is 2. The van der Waals surface area contributed by atoms with Crippen molar-refractivity contribution in [1.29, 1.82) is 0 Å². The average Bonchev–Trinajstić information content (AvgIpc) is 2.45. The van der Waals surface area contributed by atoms with E-state index in [-0.39, 0.29) is 12.6 Å². The number of alkyl halides is 3. The average molecular weight is 281 g/mol. The van der Waals surface area contributed by atoms with Crippen molar-refractivity contribution in [1.82, 2.24) is 0 Å². The molecular weight excluding hydrogens is 267 g/mol. The van der Waals surface area contributed by atoms with Gasteiger partial charge in [-0.25, -0.2) is 0 Å². The van der Waals surface area contributed by atoms with Crippen LogP contribution in [0.25, 0.3) is 0 Å². The lowest BCUT2D eigenvalue weighted by molar-refractivity contribution is -0.137. The van der Waals surface area contributed by atoms with Crippen molar-refractivity contribution in [2.45, 2.75) is 12.2 Å². The van der Waals surface area contributed by atoms with Crippen LogP contribution in [0.4, 0.5) is 18.9 Å². The summed E-state index contributed by atoms with van der Waals surface area (Å²) in [7, 11) is 0. The Bertz CT molecular complexity index is 537. The first-order chi connectivity index (χ1) is 9.50. The van der Waals surface area contributed by atoms with Crippen molar-refractivity contribution >= 4 is 5.69 Å². The molecule has 0 bridgehead atoms. The van der Waals surface area contributed by atoms with Crippen LogP contribution in [-0.2, 0) is 6.18 Å². The Morgan fingerprint density at radius 2 is 1.55 bits per heavy atom. The van der Waals surface area contributed by atoms with Gasteiger partial charge in [0.25, 0.3) is 0 Å². The molecule has 0 saturated carbocycles. The van der Waals surface area contributed by atoms with E-state index in [4.69, 9.17) is 0 Å². The maximum absolute atomic E-state index is 12.5. The van der Waals surface area contributed by atoms with E-state index in [0.29, 0.717) is 5.69 Å². The Morgan fingerprint density at radius 1 is 0.950 bits per heavy atom. The van der Waals surface area contributed by atoms with Gasteiger partial charge in [0, 0.05) is 5.69 Å². The minimum absolute atomic E-state index is 0.148. The molecule has 0 spiro atoms. The monoisotopic (exact) mass is 281 g/mol. The number of rotatable bonds is 4. The molecule has 2 N–H and O–H groups in total. The Balaban J connectivity index is 2.13. The van der Waals surface area contributed by atoms with Gasteiger partial charge in [-0.1, -0.05) is 30.3 Å². The first-order valence-electron chi connectivity index (χ1n) is 6.10. The van der Waals surface area contributed by atoms with Crippen LogP contribution in [0.2, 0.25) is 0 Å². The van der Waals surface area contributed by atoms with Gasteiger partial charge in [-0.3, -0.25) is 0 Å². The van der Waals surface area contributed by atoms with Gasteiger partial charge in [-0.2, -0.15) is 13.2 Å². The topological polar surface area (TPSA) is 32.3 Å². The zero-order chi connectivity index (χ0) is 14.6. The fourth-order valence-corrected chi connectivity index (χ4v) is 1.88. The molecule has 2 nitrogen and oxygen atoms in total. The molecular formula is C15H14F3NO. The summed E-state index contributed by atoms with van der Waals surface area (Å²) < 4.78 is 37.4. The van der Waals surface area contributed by atoms with E-state index in [1.807, 2.05) is 30.3 Å². The lowest BCUT2D eigenvalue weighted by Gasteiger charge is -2.18. The van der Waals surface area contributed by atoms with Crippen LogP contribution in [-0.4, -0.2) is 11.7 Å². The number of aliphatic hydroxyl groups is 1. The van der Waals surface area contributed by atoms with Crippen LogP contribution >= 0.6 is 0 Å². The third kappa shape index (κ3) is 3.51. The lowest BCUT2D eigenvalue weighted by atomic mass is 10.1. The molecule has 0 amide bonds. The summed E-state index contributed by atoms with van der Waals surface area (Å²) >= 11 is 0. The lowest BCUT2D eigenvalue weighted by Crippen LogP contribution is -2.15. The smallest absolute Gasteiger partial charge is 0.394 e. The second-order valence-corrected chi connectivity index (χ2v) is 4.37. The molecule has 0 heterocycles. The van der Waals surface area contributed by atoms with Gasteiger partial charge in [0.2, 0.25) is 0 Å². The second kappa shape index (κ2) is 5.96. The molecule has 5 heteroatoms. The van der Waals surface area contributed by atoms with Crippen LogP contribution in [0.5, 0.6) is 0 Å². The van der Waals surface area contributed by atoms with Crippen LogP contribution in [0.3, 0.4) is 0 Å². The number of anilines is 1. The molecule has 0 saturated heterocycles. The Labute approximate surface area is 114 Å². The zero-order valence-electron chi connectivity index (χ0n) is 10.6. The van der Waals surface area contributed by atoms with Crippen LogP contribution in [0, 0.1) is 0 Å². The quantitative estimate of drug-likeness (QED) is 0.892. The number of benzene rings is 2. The SMILES string of the molecule is OCC(Nc1ccc(C(F)(F)F)cc1)c1ccccc1. The van der Waals surface area contributed by atoms with Crippen molar-refractivity contribution in [2.75, 3.05) is 11.9 Å². The highest BCUT2D eigenvalue weighted by Gasteiger charge is 2.29. The molecule has 2 rings (SSSR count). The number of hydrogen-bond acceptors (Lipinski definition) is 2. The van der Waals surface area contributed by atoms with E-state index in [0.717, 1.165) is 17.7 Å². The summed E-state index contributed by atoms with van der Waals surface area (Å²) in [4.78, 5) is 0. The summed E-state index contributed by atoms with van der Waals surface area (Å²) in [5.74, 6) is 0. The fourth-order valence-electron chi connectivity index (χ4n) is 1.88. The van der Waals surface area contributed by atoms with Crippen molar-refractivity contribution in [3.63, 3.8) is 0 Å². The maximum atomic E-state index is 12.5. The largest absolute Gasteiger partial charge is 0.416 e. The molecule has 1 unspecified atom stereocenters. The van der Waals surface area contributed by atoms with E-state index in [1.165, 1.54) is 12.1 Å². The molecule has 0 fully saturated rings. The van der Waals surface area contributed by atoms with Crippen LogP contribution < -0.4 is 5.32 Å². The van der Waals surface area contributed by atoms with Crippen molar-refractivity contribution < 1.29 is 18.3 Å². The van der Waals surface area contributed by atoms with Gasteiger partial charge in [0.05, 0.1) is 18.2 Å². The molecule has 0 radical (unpaired) electrons. The molecule has 2 aromatic carbocycles. The third-order valence-corrected chi connectivity index (χ3v) is 2.94. The summed E-state index contributed by atoms with van der Waals surface area (Å²) in [6, 6.07) is 13.6. The molecule has 106 valence electrons. The van der Waals surface area contributed by atoms with E-state index < -0.39 is 11.7 Å². The number of nitrogens with one attached hydrogen (secondary N) is 1. The predicted octanol–water partition coefficient (Wildman–Crippen LogP) is 3.85. The van der Waals surface area contributed by atoms with Gasteiger partial charge in [0.15, 0.2) is 0 Å². The van der Waals surface area contributed by atoms with Crippen molar-refractivity contribution in [2.24, 2.45) is 0 Å². The van der Waals surface area contributed by atoms with E-state index in [1.54, 1.807) is 0 Å². The number of halogens is 3. The van der Waals surface area contributed by atoms with Gasteiger partial charge in [0.1, 0.15) is 0 Å². The normalized spacial score (nSPS) is 13.0. The molecule has 2 aromatic rings. The van der Waals surface area contributed by atoms with Gasteiger partial charge < -0.3 is 10.4 Å². The molecule has 0 aliphatic rings. The van der Waals surface area contributed by atoms with E-state index in [9.17, 15) is 18.3 Å². The highest BCUT2D eigenvalue weighted by atomic mass is 19.4. The van der Waals surface area contributed by atoms with Gasteiger partial charge in [-0.15, -0.1) is 0 Å². The fraction of sp³-hybridized carbons (Fsp3) is 0.200. The Hall–Kier alpha value is -2.01. The summed E-state index contributed by atoms with van der Waals surface area (Å²) in [6.45, 7) is -0.148. The highest BCUT2D eigenvalue weighted by molar-refractivity contribution is 5.47. The first-order valence-corrected chi connectivity index (χ1v) is 6.10. The van der Waals surface area contributed by atoms with Gasteiger partial charge >= 0.3 is 6.18 Å². The Kier molecular flexibility index (Phi) is 4.29. The highest BCUT2D eigenvalue weighted by Crippen LogP contribution is 2.30. The van der Waals surface area contributed by atoms with Crippen LogP contribution in [0.15, 0.2) is 54.6 Å². The van der Waals surface area contributed by atoms with E-state index >= 15 is 0 Å². The van der Waals surface area contributed by atoms with Crippen LogP contribution in [0.1, 0.15) is 17.2 Å². The van der Waals surface area contributed by atoms with Crippen molar-refractivity contribution in [3.8, 4) is 0 Å². The minimum atomic E-state index is -4.34. The molecule has 0 aliphatic carbocycles. The molecule has 1 atom stereocenters. The number of aliphatic hydroxyl groups excluding tert-OH is 1. The zero-order valence-corrected chi connectivity index (χ0v) is 10.6.